The first-order chi connectivity index (χ1) is 9.97. The molecule has 2 aromatic rings. The number of ether oxygens (including phenoxy) is 2. The Bertz CT molecular complexity index is 746. The molecular formula is C14H14INO4S. The molecule has 0 bridgehead atoms. The van der Waals surface area contributed by atoms with Crippen LogP contribution in [0.15, 0.2) is 47.4 Å². The number of hydrogen-bond donors (Lipinski definition) is 1. The van der Waals surface area contributed by atoms with E-state index in [4.69, 9.17) is 9.47 Å². The molecule has 0 radical (unpaired) electrons. The highest BCUT2D eigenvalue weighted by Crippen LogP contribution is 2.28. The van der Waals surface area contributed by atoms with Gasteiger partial charge in [0.25, 0.3) is 10.0 Å². The van der Waals surface area contributed by atoms with Crippen LogP contribution in [-0.4, -0.2) is 22.6 Å². The van der Waals surface area contributed by atoms with Crippen LogP contribution in [0.5, 0.6) is 11.5 Å². The molecule has 1 N–H and O–H groups in total. The van der Waals surface area contributed by atoms with E-state index >= 15 is 0 Å². The molecule has 0 spiro atoms. The van der Waals surface area contributed by atoms with Gasteiger partial charge in [-0.3, -0.25) is 4.72 Å². The van der Waals surface area contributed by atoms with Crippen molar-refractivity contribution in [2.45, 2.75) is 4.90 Å². The summed E-state index contributed by atoms with van der Waals surface area (Å²) < 4.78 is 38.3. The number of anilines is 1. The minimum absolute atomic E-state index is 0.165. The number of benzene rings is 2. The van der Waals surface area contributed by atoms with Crippen LogP contribution in [-0.2, 0) is 10.0 Å². The van der Waals surface area contributed by atoms with Crippen LogP contribution in [0.4, 0.5) is 5.69 Å². The van der Waals surface area contributed by atoms with Crippen molar-refractivity contribution in [1.82, 2.24) is 0 Å². The summed E-state index contributed by atoms with van der Waals surface area (Å²) >= 11 is 2.03. The summed E-state index contributed by atoms with van der Waals surface area (Å²) in [6, 6.07) is 11.5. The summed E-state index contributed by atoms with van der Waals surface area (Å²) in [5, 5.41) is 0. The summed E-state index contributed by atoms with van der Waals surface area (Å²) in [4.78, 5) is 0.165. The minimum Gasteiger partial charge on any atom is -0.496 e. The summed E-state index contributed by atoms with van der Waals surface area (Å²) in [7, 11) is -0.654. The van der Waals surface area contributed by atoms with Crippen molar-refractivity contribution in [1.29, 1.82) is 0 Å². The van der Waals surface area contributed by atoms with Crippen molar-refractivity contribution in [3.63, 3.8) is 0 Å². The largest absolute Gasteiger partial charge is 0.496 e. The molecule has 7 heteroatoms. The fourth-order valence-electron chi connectivity index (χ4n) is 1.75. The average molecular weight is 419 g/mol. The van der Waals surface area contributed by atoms with Crippen molar-refractivity contribution in [2.75, 3.05) is 18.9 Å². The van der Waals surface area contributed by atoms with Crippen LogP contribution < -0.4 is 14.2 Å². The van der Waals surface area contributed by atoms with Gasteiger partial charge < -0.3 is 9.47 Å². The van der Waals surface area contributed by atoms with Gasteiger partial charge in [-0.1, -0.05) is 12.1 Å². The molecule has 0 amide bonds. The van der Waals surface area contributed by atoms with Crippen molar-refractivity contribution in [3.8, 4) is 11.5 Å². The van der Waals surface area contributed by atoms with Crippen molar-refractivity contribution in [3.05, 3.63) is 46.0 Å². The van der Waals surface area contributed by atoms with E-state index in [0.29, 0.717) is 17.2 Å². The fraction of sp³-hybridized carbons (Fsp3) is 0.143. The number of methoxy groups -OCH3 is 2. The van der Waals surface area contributed by atoms with Gasteiger partial charge in [-0.2, -0.15) is 0 Å². The molecule has 0 aliphatic rings. The normalized spacial score (nSPS) is 11.0. The van der Waals surface area contributed by atoms with Gasteiger partial charge in [0.05, 0.1) is 28.4 Å². The molecule has 0 atom stereocenters. The Hall–Kier alpha value is -1.48. The monoisotopic (exact) mass is 419 g/mol. The van der Waals surface area contributed by atoms with Gasteiger partial charge in [0, 0.05) is 0 Å². The number of para-hydroxylation sites is 2. The summed E-state index contributed by atoms with van der Waals surface area (Å²) in [6.07, 6.45) is 0. The predicted molar refractivity (Wildman–Crippen MR) is 89.5 cm³/mol. The Morgan fingerprint density at radius 2 is 1.67 bits per heavy atom. The molecule has 0 heterocycles. The van der Waals surface area contributed by atoms with E-state index in [1.807, 2.05) is 22.6 Å². The Balaban J connectivity index is 2.36. The second kappa shape index (κ2) is 6.52. The first kappa shape index (κ1) is 15.9. The predicted octanol–water partition coefficient (Wildman–Crippen LogP) is 3.11. The molecule has 0 unspecified atom stereocenters. The molecule has 5 nitrogen and oxygen atoms in total. The van der Waals surface area contributed by atoms with Crippen LogP contribution in [0.1, 0.15) is 0 Å². The molecule has 0 saturated heterocycles. The average Bonchev–Trinajstić information content (AvgIpc) is 2.47. The third-order valence-corrected chi connectivity index (χ3v) is 4.99. The van der Waals surface area contributed by atoms with Crippen LogP contribution in [0.3, 0.4) is 0 Å². The lowest BCUT2D eigenvalue weighted by atomic mass is 10.3. The smallest absolute Gasteiger partial charge is 0.262 e. The van der Waals surface area contributed by atoms with E-state index in [0.717, 1.165) is 3.57 Å². The lowest BCUT2D eigenvalue weighted by Gasteiger charge is -2.12. The quantitative estimate of drug-likeness (QED) is 0.757. The van der Waals surface area contributed by atoms with Gasteiger partial charge in [-0.15, -0.1) is 0 Å². The van der Waals surface area contributed by atoms with E-state index < -0.39 is 10.0 Å². The highest BCUT2D eigenvalue weighted by molar-refractivity contribution is 14.1. The highest BCUT2D eigenvalue weighted by Gasteiger charge is 2.17. The third-order valence-electron chi connectivity index (χ3n) is 2.78. The number of nitrogens with one attached hydrogen (secondary N) is 1. The summed E-state index contributed by atoms with van der Waals surface area (Å²) in [6.45, 7) is 0. The van der Waals surface area contributed by atoms with E-state index in [1.165, 1.54) is 13.2 Å². The topological polar surface area (TPSA) is 64.6 Å². The molecule has 2 rings (SSSR count). The molecule has 112 valence electrons. The second-order valence-electron chi connectivity index (χ2n) is 4.10. The Kier molecular flexibility index (Phi) is 4.94. The minimum atomic E-state index is -3.68. The molecule has 2 aromatic carbocycles. The fourth-order valence-corrected chi connectivity index (χ4v) is 3.79. The zero-order valence-electron chi connectivity index (χ0n) is 11.5. The van der Waals surface area contributed by atoms with E-state index in [1.54, 1.807) is 43.5 Å². The molecule has 0 aliphatic heterocycles. The lowest BCUT2D eigenvalue weighted by molar-refractivity contribution is 0.411. The molecule has 0 aromatic heterocycles. The first-order valence-electron chi connectivity index (χ1n) is 5.97. The molecule has 0 saturated carbocycles. The standard InChI is InChI=1S/C14H14INO4S/c1-19-13-8-7-10(9-11(13)15)21(17,18)16-12-5-3-4-6-14(12)20-2/h3-9,16H,1-2H3. The van der Waals surface area contributed by atoms with Crippen LogP contribution in [0.25, 0.3) is 0 Å². The van der Waals surface area contributed by atoms with Crippen molar-refractivity contribution >= 4 is 38.3 Å². The van der Waals surface area contributed by atoms with Gasteiger partial charge >= 0.3 is 0 Å². The number of rotatable bonds is 5. The van der Waals surface area contributed by atoms with Gasteiger partial charge in [-0.25, -0.2) is 8.42 Å². The second-order valence-corrected chi connectivity index (χ2v) is 6.95. The maximum atomic E-state index is 12.4. The number of halogens is 1. The SMILES string of the molecule is COc1ccc(S(=O)(=O)Nc2ccccc2OC)cc1I. The van der Waals surface area contributed by atoms with Gasteiger partial charge in [0.1, 0.15) is 11.5 Å². The molecule has 0 aliphatic carbocycles. The molecule has 0 fully saturated rings. The van der Waals surface area contributed by atoms with E-state index in [9.17, 15) is 8.42 Å². The van der Waals surface area contributed by atoms with Gasteiger partial charge in [0.15, 0.2) is 0 Å². The van der Waals surface area contributed by atoms with Crippen LogP contribution in [0, 0.1) is 3.57 Å². The maximum Gasteiger partial charge on any atom is 0.262 e. The van der Waals surface area contributed by atoms with E-state index in [-0.39, 0.29) is 4.90 Å². The first-order valence-corrected chi connectivity index (χ1v) is 8.53. The van der Waals surface area contributed by atoms with Crippen molar-refractivity contribution < 1.29 is 17.9 Å². The lowest BCUT2D eigenvalue weighted by Crippen LogP contribution is -2.13. The van der Waals surface area contributed by atoms with E-state index in [2.05, 4.69) is 4.72 Å². The van der Waals surface area contributed by atoms with Crippen LogP contribution in [0.2, 0.25) is 0 Å². The van der Waals surface area contributed by atoms with Gasteiger partial charge in [-0.05, 0) is 52.9 Å². The number of sulfonamides is 1. The summed E-state index contributed by atoms with van der Waals surface area (Å²) in [5.74, 6) is 1.09. The third kappa shape index (κ3) is 3.59. The maximum absolute atomic E-state index is 12.4. The Morgan fingerprint density at radius 3 is 2.29 bits per heavy atom. The zero-order valence-corrected chi connectivity index (χ0v) is 14.4. The van der Waals surface area contributed by atoms with Gasteiger partial charge in [0.2, 0.25) is 0 Å². The Morgan fingerprint density at radius 1 is 1.00 bits per heavy atom. The Labute approximate surface area is 137 Å². The highest BCUT2D eigenvalue weighted by atomic mass is 127. The molecular weight excluding hydrogens is 405 g/mol. The summed E-state index contributed by atoms with van der Waals surface area (Å²) in [5.41, 5.74) is 0.394. The van der Waals surface area contributed by atoms with Crippen LogP contribution >= 0.6 is 22.6 Å². The molecule has 21 heavy (non-hydrogen) atoms. The zero-order chi connectivity index (χ0) is 15.5. The number of hydrogen-bond acceptors (Lipinski definition) is 4. The van der Waals surface area contributed by atoms with Crippen molar-refractivity contribution in [2.24, 2.45) is 0 Å².